The first-order chi connectivity index (χ1) is 8.15. The summed E-state index contributed by atoms with van der Waals surface area (Å²) in [7, 11) is 0. The summed E-state index contributed by atoms with van der Waals surface area (Å²) in [5, 5.41) is 0. The number of amides is 1. The van der Waals surface area contributed by atoms with Gasteiger partial charge in [0.2, 0.25) is 0 Å². The SMILES string of the molecule is Cc1cccc(C(=O)N2CCC[C@H]2CN)c1C. The highest BCUT2D eigenvalue weighted by molar-refractivity contribution is 5.96. The Morgan fingerprint density at radius 3 is 2.94 bits per heavy atom. The highest BCUT2D eigenvalue weighted by atomic mass is 16.2. The van der Waals surface area contributed by atoms with E-state index in [2.05, 4.69) is 0 Å². The number of hydrogen-bond acceptors (Lipinski definition) is 2. The van der Waals surface area contributed by atoms with Crippen molar-refractivity contribution in [3.8, 4) is 0 Å². The largest absolute Gasteiger partial charge is 0.334 e. The van der Waals surface area contributed by atoms with Crippen molar-refractivity contribution in [1.82, 2.24) is 4.90 Å². The van der Waals surface area contributed by atoms with E-state index < -0.39 is 0 Å². The van der Waals surface area contributed by atoms with Gasteiger partial charge in [-0.1, -0.05) is 12.1 Å². The molecule has 0 bridgehead atoms. The molecule has 1 aromatic carbocycles. The molecule has 0 unspecified atom stereocenters. The lowest BCUT2D eigenvalue weighted by atomic mass is 10.0. The molecule has 1 aromatic rings. The average Bonchev–Trinajstić information content (AvgIpc) is 2.80. The van der Waals surface area contributed by atoms with E-state index in [9.17, 15) is 4.79 Å². The van der Waals surface area contributed by atoms with Crippen LogP contribution in [-0.2, 0) is 0 Å². The van der Waals surface area contributed by atoms with Crippen molar-refractivity contribution in [2.75, 3.05) is 13.1 Å². The van der Waals surface area contributed by atoms with Crippen molar-refractivity contribution >= 4 is 5.91 Å². The average molecular weight is 232 g/mol. The Balaban J connectivity index is 2.28. The van der Waals surface area contributed by atoms with Gasteiger partial charge in [0.15, 0.2) is 0 Å². The maximum Gasteiger partial charge on any atom is 0.254 e. The molecule has 0 aromatic heterocycles. The van der Waals surface area contributed by atoms with Crippen LogP contribution in [0.4, 0.5) is 0 Å². The molecule has 0 radical (unpaired) electrons. The third-order valence-corrected chi connectivity index (χ3v) is 3.75. The second-order valence-electron chi connectivity index (χ2n) is 4.78. The van der Waals surface area contributed by atoms with Gasteiger partial charge in [-0.05, 0) is 43.9 Å². The maximum absolute atomic E-state index is 12.5. The Morgan fingerprint density at radius 1 is 1.47 bits per heavy atom. The van der Waals surface area contributed by atoms with Crippen LogP contribution in [0.5, 0.6) is 0 Å². The minimum absolute atomic E-state index is 0.138. The first-order valence-corrected chi connectivity index (χ1v) is 6.22. The third kappa shape index (κ3) is 2.20. The zero-order chi connectivity index (χ0) is 12.4. The van der Waals surface area contributed by atoms with Crippen molar-refractivity contribution in [2.45, 2.75) is 32.7 Å². The van der Waals surface area contributed by atoms with Crippen LogP contribution < -0.4 is 5.73 Å². The van der Waals surface area contributed by atoms with Gasteiger partial charge < -0.3 is 10.6 Å². The fraction of sp³-hybridized carbons (Fsp3) is 0.500. The van der Waals surface area contributed by atoms with E-state index in [1.54, 1.807) is 0 Å². The summed E-state index contributed by atoms with van der Waals surface area (Å²) in [5.41, 5.74) is 8.79. The van der Waals surface area contributed by atoms with Crippen LogP contribution in [0.15, 0.2) is 18.2 Å². The van der Waals surface area contributed by atoms with Gasteiger partial charge in [0.1, 0.15) is 0 Å². The molecule has 1 aliphatic heterocycles. The van der Waals surface area contributed by atoms with Gasteiger partial charge in [0.25, 0.3) is 5.91 Å². The van der Waals surface area contributed by atoms with Crippen LogP contribution in [0.25, 0.3) is 0 Å². The number of carbonyl (C=O) groups excluding carboxylic acids is 1. The molecule has 1 aliphatic rings. The molecule has 17 heavy (non-hydrogen) atoms. The maximum atomic E-state index is 12.5. The first-order valence-electron chi connectivity index (χ1n) is 6.22. The van der Waals surface area contributed by atoms with Gasteiger partial charge in [0, 0.05) is 24.7 Å². The molecule has 0 saturated carbocycles. The van der Waals surface area contributed by atoms with Gasteiger partial charge in [-0.3, -0.25) is 4.79 Å². The predicted molar refractivity (Wildman–Crippen MR) is 69.0 cm³/mol. The van der Waals surface area contributed by atoms with E-state index in [0.717, 1.165) is 30.5 Å². The zero-order valence-corrected chi connectivity index (χ0v) is 10.6. The van der Waals surface area contributed by atoms with Crippen LogP contribution in [0.2, 0.25) is 0 Å². The van der Waals surface area contributed by atoms with Crippen LogP contribution >= 0.6 is 0 Å². The predicted octanol–water partition coefficient (Wildman–Crippen LogP) is 1.87. The number of nitrogens with zero attached hydrogens (tertiary/aromatic N) is 1. The highest BCUT2D eigenvalue weighted by Crippen LogP contribution is 2.22. The van der Waals surface area contributed by atoms with Crippen molar-refractivity contribution in [3.05, 3.63) is 34.9 Å². The lowest BCUT2D eigenvalue weighted by Gasteiger charge is -2.24. The minimum atomic E-state index is 0.138. The second-order valence-corrected chi connectivity index (χ2v) is 4.78. The number of aryl methyl sites for hydroxylation is 1. The van der Waals surface area contributed by atoms with Crippen molar-refractivity contribution in [1.29, 1.82) is 0 Å². The Morgan fingerprint density at radius 2 is 2.24 bits per heavy atom. The molecule has 2 rings (SSSR count). The lowest BCUT2D eigenvalue weighted by Crippen LogP contribution is -2.40. The summed E-state index contributed by atoms with van der Waals surface area (Å²) in [6.45, 7) is 5.46. The fourth-order valence-electron chi connectivity index (χ4n) is 2.49. The molecule has 1 fully saturated rings. The molecular weight excluding hydrogens is 212 g/mol. The molecular formula is C14H20N2O. The van der Waals surface area contributed by atoms with Crippen LogP contribution in [0, 0.1) is 13.8 Å². The van der Waals surface area contributed by atoms with E-state index in [4.69, 9.17) is 5.73 Å². The van der Waals surface area contributed by atoms with E-state index in [1.165, 1.54) is 5.56 Å². The molecule has 3 heteroatoms. The molecule has 0 spiro atoms. The summed E-state index contributed by atoms with van der Waals surface area (Å²) in [6, 6.07) is 6.12. The molecule has 1 amide bonds. The van der Waals surface area contributed by atoms with E-state index >= 15 is 0 Å². The fourth-order valence-corrected chi connectivity index (χ4v) is 2.49. The second kappa shape index (κ2) is 4.88. The zero-order valence-electron chi connectivity index (χ0n) is 10.6. The molecule has 0 aliphatic carbocycles. The standard InChI is InChI=1S/C14H20N2O/c1-10-5-3-7-13(11(10)2)14(17)16-8-4-6-12(16)9-15/h3,5,7,12H,4,6,8-9,15H2,1-2H3/t12-/m0/s1. The van der Waals surface area contributed by atoms with Crippen LogP contribution in [0.3, 0.4) is 0 Å². The summed E-state index contributed by atoms with van der Waals surface area (Å²) in [5.74, 6) is 0.138. The topological polar surface area (TPSA) is 46.3 Å². The molecule has 1 saturated heterocycles. The van der Waals surface area contributed by atoms with E-state index in [-0.39, 0.29) is 11.9 Å². The number of benzene rings is 1. The summed E-state index contributed by atoms with van der Waals surface area (Å²) in [4.78, 5) is 14.4. The number of carbonyl (C=O) groups is 1. The normalized spacial score (nSPS) is 19.7. The van der Waals surface area contributed by atoms with Crippen molar-refractivity contribution in [2.24, 2.45) is 5.73 Å². The van der Waals surface area contributed by atoms with Gasteiger partial charge in [-0.2, -0.15) is 0 Å². The van der Waals surface area contributed by atoms with Crippen molar-refractivity contribution < 1.29 is 4.79 Å². The molecule has 1 atom stereocenters. The Bertz CT molecular complexity index is 428. The van der Waals surface area contributed by atoms with E-state index in [0.29, 0.717) is 6.54 Å². The van der Waals surface area contributed by atoms with Gasteiger partial charge >= 0.3 is 0 Å². The Kier molecular flexibility index (Phi) is 3.48. The Labute approximate surface area is 103 Å². The van der Waals surface area contributed by atoms with Gasteiger partial charge in [-0.25, -0.2) is 0 Å². The van der Waals surface area contributed by atoms with Crippen LogP contribution in [-0.4, -0.2) is 29.9 Å². The summed E-state index contributed by atoms with van der Waals surface area (Å²) in [6.07, 6.45) is 2.10. The van der Waals surface area contributed by atoms with Crippen LogP contribution in [0.1, 0.15) is 34.3 Å². The first kappa shape index (κ1) is 12.1. The molecule has 92 valence electrons. The number of rotatable bonds is 2. The third-order valence-electron chi connectivity index (χ3n) is 3.75. The minimum Gasteiger partial charge on any atom is -0.334 e. The number of likely N-dealkylation sites (tertiary alicyclic amines) is 1. The smallest absolute Gasteiger partial charge is 0.254 e. The van der Waals surface area contributed by atoms with Gasteiger partial charge in [-0.15, -0.1) is 0 Å². The monoisotopic (exact) mass is 232 g/mol. The highest BCUT2D eigenvalue weighted by Gasteiger charge is 2.28. The quantitative estimate of drug-likeness (QED) is 0.846. The summed E-state index contributed by atoms with van der Waals surface area (Å²) < 4.78 is 0. The van der Waals surface area contributed by atoms with Gasteiger partial charge in [0.05, 0.1) is 0 Å². The summed E-state index contributed by atoms with van der Waals surface area (Å²) >= 11 is 0. The number of hydrogen-bond donors (Lipinski definition) is 1. The Hall–Kier alpha value is -1.35. The molecule has 1 heterocycles. The van der Waals surface area contributed by atoms with Crippen molar-refractivity contribution in [3.63, 3.8) is 0 Å². The number of nitrogens with two attached hydrogens (primary N) is 1. The molecule has 2 N–H and O–H groups in total. The molecule has 3 nitrogen and oxygen atoms in total. The lowest BCUT2D eigenvalue weighted by molar-refractivity contribution is 0.0740. The van der Waals surface area contributed by atoms with E-state index in [1.807, 2.05) is 36.9 Å².